The van der Waals surface area contributed by atoms with Crippen LogP contribution in [0.1, 0.15) is 44.0 Å². The van der Waals surface area contributed by atoms with Crippen LogP contribution in [0.4, 0.5) is 0 Å². The lowest BCUT2D eigenvalue weighted by Crippen LogP contribution is -2.41. The number of carboxylic acid groups (broad SMARTS) is 1. The molecule has 0 saturated heterocycles. The second-order valence-electron chi connectivity index (χ2n) is 7.75. The average molecular weight is 370 g/mol. The lowest BCUT2D eigenvalue weighted by Gasteiger charge is -2.21. The van der Waals surface area contributed by atoms with E-state index >= 15 is 0 Å². The number of hydrogen-bond donors (Lipinski definition) is 3. The van der Waals surface area contributed by atoms with E-state index in [4.69, 9.17) is 0 Å². The molecule has 3 rings (SSSR count). The van der Waals surface area contributed by atoms with Crippen molar-refractivity contribution in [2.75, 3.05) is 0 Å². The van der Waals surface area contributed by atoms with Gasteiger partial charge >= 0.3 is 5.97 Å². The number of carboxylic acids is 1. The zero-order chi connectivity index (χ0) is 19.8. The molecule has 0 bridgehead atoms. The molecule has 8 nitrogen and oxygen atoms in total. The van der Waals surface area contributed by atoms with Gasteiger partial charge in [0.2, 0.25) is 0 Å². The molecule has 2 heterocycles. The van der Waals surface area contributed by atoms with Gasteiger partial charge in [0.05, 0.1) is 17.1 Å². The second kappa shape index (κ2) is 6.86. The van der Waals surface area contributed by atoms with Crippen LogP contribution in [-0.4, -0.2) is 37.6 Å². The quantitative estimate of drug-likeness (QED) is 0.636. The molecule has 0 aliphatic rings. The van der Waals surface area contributed by atoms with Crippen LogP contribution in [0.5, 0.6) is 0 Å². The number of fused-ring (bicyclic) bond motifs is 3. The van der Waals surface area contributed by atoms with Crippen molar-refractivity contribution < 1.29 is 14.7 Å². The van der Waals surface area contributed by atoms with E-state index in [1.54, 1.807) is 24.3 Å². The molecule has 0 spiro atoms. The van der Waals surface area contributed by atoms with Crippen LogP contribution in [-0.2, 0) is 4.79 Å². The minimum Gasteiger partial charge on any atom is -0.480 e. The van der Waals surface area contributed by atoms with E-state index in [0.717, 1.165) is 0 Å². The topological polar surface area (TPSA) is 117 Å². The third-order valence-electron chi connectivity index (χ3n) is 4.41. The van der Waals surface area contributed by atoms with Gasteiger partial charge in [-0.25, -0.2) is 9.31 Å². The van der Waals surface area contributed by atoms with Gasteiger partial charge in [0.15, 0.2) is 0 Å². The van der Waals surface area contributed by atoms with E-state index in [0.29, 0.717) is 23.7 Å². The molecule has 0 radical (unpaired) electrons. The number of rotatable bonds is 5. The largest absolute Gasteiger partial charge is 0.480 e. The van der Waals surface area contributed by atoms with Crippen molar-refractivity contribution in [2.45, 2.75) is 39.7 Å². The zero-order valence-electron chi connectivity index (χ0n) is 15.4. The van der Waals surface area contributed by atoms with Crippen molar-refractivity contribution in [1.82, 2.24) is 19.9 Å². The maximum Gasteiger partial charge on any atom is 0.326 e. The Morgan fingerprint density at radius 1 is 1.30 bits per heavy atom. The summed E-state index contributed by atoms with van der Waals surface area (Å²) in [5.41, 5.74) is 0.538. The average Bonchev–Trinajstić information content (AvgIpc) is 3.01. The van der Waals surface area contributed by atoms with Gasteiger partial charge in [-0.3, -0.25) is 9.59 Å². The molecule has 3 aromatic rings. The first-order chi connectivity index (χ1) is 12.7. The fraction of sp³-hybridized carbons (Fsp3) is 0.368. The molecule has 27 heavy (non-hydrogen) atoms. The minimum absolute atomic E-state index is 0.0486. The Balaban J connectivity index is 1.93. The number of hydrogen-bond acceptors (Lipinski definition) is 4. The van der Waals surface area contributed by atoms with Crippen LogP contribution in [0.3, 0.4) is 0 Å². The normalized spacial score (nSPS) is 13.0. The summed E-state index contributed by atoms with van der Waals surface area (Å²) >= 11 is 0. The fourth-order valence-electron chi connectivity index (χ4n) is 2.91. The molecule has 3 N–H and O–H groups in total. The standard InChI is InChI=1S/C19H22N4O4/c1-19(2,3)9-8-13(18(26)27)21-17(25)12-10-20-23-14-7-5-4-6-11(14)16(24)22-15(12)23/h4-7,10,13H,8-9H2,1-3H3,(H,21,25)(H,22,24)(H,26,27). The highest BCUT2D eigenvalue weighted by Crippen LogP contribution is 2.22. The molecule has 0 fully saturated rings. The smallest absolute Gasteiger partial charge is 0.326 e. The highest BCUT2D eigenvalue weighted by atomic mass is 16.4. The zero-order valence-corrected chi connectivity index (χ0v) is 15.4. The van der Waals surface area contributed by atoms with Gasteiger partial charge in [0.25, 0.3) is 11.5 Å². The molecular formula is C19H22N4O4. The van der Waals surface area contributed by atoms with E-state index in [9.17, 15) is 19.5 Å². The van der Waals surface area contributed by atoms with Crippen molar-refractivity contribution in [3.05, 3.63) is 46.4 Å². The van der Waals surface area contributed by atoms with Gasteiger partial charge in [0.1, 0.15) is 17.3 Å². The Morgan fingerprint density at radius 2 is 2.00 bits per heavy atom. The molecular weight excluding hydrogens is 348 g/mol. The van der Waals surface area contributed by atoms with Gasteiger partial charge in [-0.05, 0) is 30.4 Å². The van der Waals surface area contributed by atoms with E-state index in [-0.39, 0.29) is 22.2 Å². The molecule has 1 atom stereocenters. The molecule has 142 valence electrons. The van der Waals surface area contributed by atoms with E-state index < -0.39 is 17.9 Å². The molecule has 8 heteroatoms. The summed E-state index contributed by atoms with van der Waals surface area (Å²) in [5.74, 6) is -1.68. The van der Waals surface area contributed by atoms with Crippen molar-refractivity contribution in [3.63, 3.8) is 0 Å². The summed E-state index contributed by atoms with van der Waals surface area (Å²) in [5, 5.41) is 16.6. The Morgan fingerprint density at radius 3 is 2.67 bits per heavy atom. The van der Waals surface area contributed by atoms with Crippen molar-refractivity contribution in [3.8, 4) is 0 Å². The number of carbonyl (C=O) groups is 2. The van der Waals surface area contributed by atoms with Gasteiger partial charge in [-0.15, -0.1) is 0 Å². The van der Waals surface area contributed by atoms with Gasteiger partial charge < -0.3 is 15.4 Å². The molecule has 0 aliphatic heterocycles. The van der Waals surface area contributed by atoms with Gasteiger partial charge in [-0.1, -0.05) is 32.9 Å². The number of H-pyrrole nitrogens is 1. The summed E-state index contributed by atoms with van der Waals surface area (Å²) in [6, 6.07) is 5.90. The third kappa shape index (κ3) is 3.84. The minimum atomic E-state index is -1.09. The van der Waals surface area contributed by atoms with Crippen LogP contribution >= 0.6 is 0 Å². The first-order valence-corrected chi connectivity index (χ1v) is 8.70. The van der Waals surface area contributed by atoms with E-state index in [1.807, 2.05) is 20.8 Å². The lowest BCUT2D eigenvalue weighted by atomic mass is 9.88. The van der Waals surface area contributed by atoms with Crippen molar-refractivity contribution in [2.24, 2.45) is 5.41 Å². The van der Waals surface area contributed by atoms with Crippen molar-refractivity contribution >= 4 is 28.4 Å². The Kier molecular flexibility index (Phi) is 4.73. The number of benzene rings is 1. The number of nitrogens with zero attached hydrogens (tertiary/aromatic N) is 2. The van der Waals surface area contributed by atoms with E-state index in [1.165, 1.54) is 10.7 Å². The second-order valence-corrected chi connectivity index (χ2v) is 7.75. The maximum absolute atomic E-state index is 12.7. The Hall–Kier alpha value is -3.16. The number of carbonyl (C=O) groups excluding carboxylic acids is 1. The summed E-state index contributed by atoms with van der Waals surface area (Å²) in [6.07, 6.45) is 2.28. The van der Waals surface area contributed by atoms with Crippen molar-refractivity contribution in [1.29, 1.82) is 0 Å². The van der Waals surface area contributed by atoms with Gasteiger partial charge in [0, 0.05) is 0 Å². The number of nitrogens with one attached hydrogen (secondary N) is 2. The molecule has 2 aromatic heterocycles. The SMILES string of the molecule is CC(C)(C)CCC(NC(=O)c1cnn2c1[nH]c(=O)c1ccccc12)C(=O)O. The number of aromatic amines is 1. The Bertz CT molecular complexity index is 1070. The Labute approximate surface area is 155 Å². The highest BCUT2D eigenvalue weighted by Gasteiger charge is 2.25. The highest BCUT2D eigenvalue weighted by molar-refractivity contribution is 6.02. The molecule has 1 amide bonds. The molecule has 1 unspecified atom stereocenters. The fourth-order valence-corrected chi connectivity index (χ4v) is 2.91. The number of aromatic nitrogens is 3. The number of amides is 1. The number of para-hydroxylation sites is 1. The molecule has 1 aromatic carbocycles. The van der Waals surface area contributed by atoms with Crippen LogP contribution in [0, 0.1) is 5.41 Å². The van der Waals surface area contributed by atoms with Crippen LogP contribution in [0.25, 0.3) is 16.6 Å². The number of aliphatic carboxylic acids is 1. The van der Waals surface area contributed by atoms with E-state index in [2.05, 4.69) is 15.4 Å². The van der Waals surface area contributed by atoms with Gasteiger partial charge in [-0.2, -0.15) is 5.10 Å². The monoisotopic (exact) mass is 370 g/mol. The summed E-state index contributed by atoms with van der Waals surface area (Å²) in [6.45, 7) is 6.03. The summed E-state index contributed by atoms with van der Waals surface area (Å²) in [4.78, 5) is 39.1. The summed E-state index contributed by atoms with van der Waals surface area (Å²) < 4.78 is 1.47. The van der Waals surface area contributed by atoms with Crippen LogP contribution in [0.15, 0.2) is 35.3 Å². The lowest BCUT2D eigenvalue weighted by molar-refractivity contribution is -0.139. The predicted molar refractivity (Wildman–Crippen MR) is 101 cm³/mol. The summed E-state index contributed by atoms with van der Waals surface area (Å²) in [7, 11) is 0. The third-order valence-corrected chi connectivity index (χ3v) is 4.41. The maximum atomic E-state index is 12.7. The first kappa shape index (κ1) is 18.6. The molecule has 0 aliphatic carbocycles. The predicted octanol–water partition coefficient (Wildman–Crippen LogP) is 2.19. The first-order valence-electron chi connectivity index (χ1n) is 8.70. The van der Waals surface area contributed by atoms with Crippen LogP contribution in [0.2, 0.25) is 0 Å². The van der Waals surface area contributed by atoms with Crippen LogP contribution < -0.4 is 10.9 Å². The molecule has 0 saturated carbocycles.